The summed E-state index contributed by atoms with van der Waals surface area (Å²) in [5.41, 5.74) is 10.7. The van der Waals surface area contributed by atoms with Gasteiger partial charge in [-0.1, -0.05) is 70.6 Å². The average molecular weight is 612 g/mol. The van der Waals surface area contributed by atoms with Gasteiger partial charge in [0.25, 0.3) is 0 Å². The quantitative estimate of drug-likeness (QED) is 0.0603. The summed E-state index contributed by atoms with van der Waals surface area (Å²) in [4.78, 5) is 27.1. The standard InChI is InChI=1S/C36H61N5O3/c1-25(2)9-8-10-26(3)30-13-14-31-29-12-11-27-23-28(15-18-35(27,4)32(29)16-19-36(30,31)5)44-24-34(43)39-22-17-33(42)38-20-6-7-21-40-41-37/h11,25-26,28-32H,6-10,12-24H2,1-5H3,(H,38,42)(H,39,43)/t26-,28+,29+,30-,31+,32+,35+,36-/m1/s1. The average Bonchev–Trinajstić information content (AvgIpc) is 3.35. The molecule has 0 unspecified atom stereocenters. The Morgan fingerprint density at radius 3 is 2.57 bits per heavy atom. The van der Waals surface area contributed by atoms with Crippen LogP contribution in [0.25, 0.3) is 10.4 Å². The molecular weight excluding hydrogens is 550 g/mol. The van der Waals surface area contributed by atoms with Crippen molar-refractivity contribution < 1.29 is 14.3 Å². The number of azide groups is 1. The first-order valence-electron chi connectivity index (χ1n) is 17.9. The normalized spacial score (nSPS) is 33.3. The molecule has 8 heteroatoms. The Bertz CT molecular complexity index is 1050. The molecule has 44 heavy (non-hydrogen) atoms. The third-order valence-corrected chi connectivity index (χ3v) is 12.5. The predicted molar refractivity (Wildman–Crippen MR) is 177 cm³/mol. The number of amides is 2. The second-order valence-electron chi connectivity index (χ2n) is 15.6. The van der Waals surface area contributed by atoms with Crippen LogP contribution in [0.15, 0.2) is 16.8 Å². The van der Waals surface area contributed by atoms with E-state index in [2.05, 4.69) is 61.4 Å². The zero-order chi connectivity index (χ0) is 31.7. The zero-order valence-electron chi connectivity index (χ0n) is 28.4. The first-order valence-corrected chi connectivity index (χ1v) is 17.9. The Labute approximate surface area is 266 Å². The molecule has 8 nitrogen and oxygen atoms in total. The van der Waals surface area contributed by atoms with Gasteiger partial charge in [-0.05, 0) is 116 Å². The Morgan fingerprint density at radius 1 is 1.00 bits per heavy atom. The molecule has 0 aromatic heterocycles. The Balaban J connectivity index is 1.20. The minimum absolute atomic E-state index is 0.0545. The van der Waals surface area contributed by atoms with E-state index in [9.17, 15) is 9.59 Å². The van der Waals surface area contributed by atoms with Gasteiger partial charge in [-0.15, -0.1) is 0 Å². The van der Waals surface area contributed by atoms with Crippen LogP contribution in [0.2, 0.25) is 0 Å². The van der Waals surface area contributed by atoms with Crippen LogP contribution in [0.4, 0.5) is 0 Å². The van der Waals surface area contributed by atoms with Crippen LogP contribution in [0.5, 0.6) is 0 Å². The minimum Gasteiger partial charge on any atom is -0.368 e. The smallest absolute Gasteiger partial charge is 0.246 e. The van der Waals surface area contributed by atoms with Gasteiger partial charge in [-0.3, -0.25) is 9.59 Å². The van der Waals surface area contributed by atoms with Gasteiger partial charge in [0.05, 0.1) is 6.10 Å². The first-order chi connectivity index (χ1) is 21.1. The molecule has 0 aromatic carbocycles. The summed E-state index contributed by atoms with van der Waals surface area (Å²) in [6.45, 7) is 13.8. The number of rotatable bonds is 16. The summed E-state index contributed by atoms with van der Waals surface area (Å²) < 4.78 is 6.13. The number of carbonyl (C=O) groups excluding carboxylic acids is 2. The van der Waals surface area contributed by atoms with Crippen molar-refractivity contribution in [2.75, 3.05) is 26.2 Å². The number of nitrogens with zero attached hydrogens (tertiary/aromatic N) is 3. The summed E-state index contributed by atoms with van der Waals surface area (Å²) in [5.74, 6) is 4.80. The molecule has 0 saturated heterocycles. The summed E-state index contributed by atoms with van der Waals surface area (Å²) in [6.07, 6.45) is 18.6. The molecule has 0 radical (unpaired) electrons. The number of unbranched alkanes of at least 4 members (excludes halogenated alkanes) is 1. The molecule has 2 N–H and O–H groups in total. The van der Waals surface area contributed by atoms with Crippen molar-refractivity contribution >= 4 is 11.8 Å². The van der Waals surface area contributed by atoms with Gasteiger partial charge in [0.15, 0.2) is 0 Å². The molecule has 0 aliphatic heterocycles. The summed E-state index contributed by atoms with van der Waals surface area (Å²) >= 11 is 0. The molecule has 3 saturated carbocycles. The van der Waals surface area contributed by atoms with Crippen molar-refractivity contribution in [3.8, 4) is 0 Å². The molecule has 0 bridgehead atoms. The number of fused-ring (bicyclic) bond motifs is 5. The Hall–Kier alpha value is -2.05. The monoisotopic (exact) mass is 611 g/mol. The van der Waals surface area contributed by atoms with Gasteiger partial charge in [-0.25, -0.2) is 0 Å². The molecule has 0 spiro atoms. The van der Waals surface area contributed by atoms with Crippen molar-refractivity contribution in [2.45, 2.75) is 131 Å². The van der Waals surface area contributed by atoms with E-state index in [1.807, 2.05) is 0 Å². The minimum atomic E-state index is -0.154. The van der Waals surface area contributed by atoms with E-state index < -0.39 is 0 Å². The number of hydrogen-bond acceptors (Lipinski definition) is 4. The number of carbonyl (C=O) groups is 2. The van der Waals surface area contributed by atoms with Crippen LogP contribution in [-0.4, -0.2) is 44.2 Å². The largest absolute Gasteiger partial charge is 0.368 e. The molecular formula is C36H61N5O3. The SMILES string of the molecule is CC(C)CCC[C@@H](C)[C@H]1CC[C@H]2[C@@H]3CC=C4C[C@@H](OCC(=O)NCCC(=O)NCCCCN=[N+]=[N-])CC[C@]4(C)[C@H]3CC[C@]12C. The Morgan fingerprint density at radius 2 is 1.80 bits per heavy atom. The van der Waals surface area contributed by atoms with Crippen molar-refractivity contribution in [1.29, 1.82) is 0 Å². The highest BCUT2D eigenvalue weighted by atomic mass is 16.5. The molecule has 248 valence electrons. The fourth-order valence-electron chi connectivity index (χ4n) is 10.0. The van der Waals surface area contributed by atoms with E-state index in [-0.39, 0.29) is 36.4 Å². The van der Waals surface area contributed by atoms with Gasteiger partial charge in [-0.2, -0.15) is 0 Å². The van der Waals surface area contributed by atoms with Crippen LogP contribution in [-0.2, 0) is 14.3 Å². The van der Waals surface area contributed by atoms with E-state index in [4.69, 9.17) is 10.3 Å². The number of nitrogens with one attached hydrogen (secondary N) is 2. The first kappa shape index (κ1) is 34.8. The number of allylic oxidation sites excluding steroid dienone is 1. The number of ether oxygens (including phenoxy) is 1. The molecule has 8 atom stereocenters. The van der Waals surface area contributed by atoms with E-state index in [1.165, 1.54) is 51.4 Å². The fourth-order valence-corrected chi connectivity index (χ4v) is 10.0. The van der Waals surface area contributed by atoms with Crippen molar-refractivity contribution in [1.82, 2.24) is 10.6 Å². The molecule has 4 aliphatic rings. The lowest BCUT2D eigenvalue weighted by Gasteiger charge is -2.58. The summed E-state index contributed by atoms with van der Waals surface area (Å²) in [5, 5.41) is 9.15. The van der Waals surface area contributed by atoms with Crippen LogP contribution in [0, 0.1) is 46.3 Å². The number of hydrogen-bond donors (Lipinski definition) is 2. The van der Waals surface area contributed by atoms with Gasteiger partial charge < -0.3 is 15.4 Å². The highest BCUT2D eigenvalue weighted by Crippen LogP contribution is 2.67. The third-order valence-electron chi connectivity index (χ3n) is 12.5. The fraction of sp³-hybridized carbons (Fsp3) is 0.889. The maximum absolute atomic E-state index is 12.4. The van der Waals surface area contributed by atoms with Crippen LogP contribution in [0.3, 0.4) is 0 Å². The lowest BCUT2D eigenvalue weighted by Crippen LogP contribution is -2.51. The van der Waals surface area contributed by atoms with E-state index in [0.717, 1.165) is 67.6 Å². The maximum atomic E-state index is 12.4. The van der Waals surface area contributed by atoms with Crippen LogP contribution >= 0.6 is 0 Å². The zero-order valence-corrected chi connectivity index (χ0v) is 28.4. The third kappa shape index (κ3) is 8.40. The van der Waals surface area contributed by atoms with Crippen molar-refractivity contribution in [3.05, 3.63) is 22.1 Å². The second-order valence-corrected chi connectivity index (χ2v) is 15.6. The van der Waals surface area contributed by atoms with Crippen molar-refractivity contribution in [2.24, 2.45) is 51.5 Å². The van der Waals surface area contributed by atoms with Crippen molar-refractivity contribution in [3.63, 3.8) is 0 Å². The molecule has 4 rings (SSSR count). The van der Waals surface area contributed by atoms with Crippen LogP contribution in [0.1, 0.15) is 125 Å². The molecule has 3 fully saturated rings. The van der Waals surface area contributed by atoms with E-state index >= 15 is 0 Å². The van der Waals surface area contributed by atoms with Gasteiger partial charge in [0.1, 0.15) is 6.61 Å². The molecule has 0 heterocycles. The topological polar surface area (TPSA) is 116 Å². The van der Waals surface area contributed by atoms with Gasteiger partial charge in [0.2, 0.25) is 11.8 Å². The molecule has 4 aliphatic carbocycles. The van der Waals surface area contributed by atoms with E-state index in [0.29, 0.717) is 25.0 Å². The summed E-state index contributed by atoms with van der Waals surface area (Å²) in [7, 11) is 0. The van der Waals surface area contributed by atoms with Gasteiger partial charge in [0, 0.05) is 31.0 Å². The maximum Gasteiger partial charge on any atom is 0.246 e. The second kappa shape index (κ2) is 16.0. The Kier molecular flexibility index (Phi) is 12.6. The van der Waals surface area contributed by atoms with E-state index in [1.54, 1.807) is 5.57 Å². The van der Waals surface area contributed by atoms with Crippen LogP contribution < -0.4 is 10.6 Å². The molecule has 2 amide bonds. The lowest BCUT2D eigenvalue weighted by molar-refractivity contribution is -0.129. The predicted octanol–water partition coefficient (Wildman–Crippen LogP) is 8.13. The van der Waals surface area contributed by atoms with Gasteiger partial charge >= 0.3 is 0 Å². The lowest BCUT2D eigenvalue weighted by atomic mass is 9.47. The summed E-state index contributed by atoms with van der Waals surface area (Å²) in [6, 6.07) is 0. The molecule has 0 aromatic rings. The highest BCUT2D eigenvalue weighted by Gasteiger charge is 2.59. The highest BCUT2D eigenvalue weighted by molar-refractivity contribution is 5.79.